The fraction of sp³-hybridized carbons (Fsp3) is 0.625. The molecule has 0 aromatic carbocycles. The van der Waals surface area contributed by atoms with E-state index in [1.54, 1.807) is 11.6 Å². The summed E-state index contributed by atoms with van der Waals surface area (Å²) in [4.78, 5) is 2.07. The summed E-state index contributed by atoms with van der Waals surface area (Å²) in [5.74, 6) is 0. The zero-order valence-corrected chi connectivity index (χ0v) is 9.43. The van der Waals surface area contributed by atoms with E-state index in [2.05, 4.69) is 6.58 Å². The molecule has 0 aliphatic rings. The average molecular weight is 205 g/mol. The van der Waals surface area contributed by atoms with E-state index in [4.69, 9.17) is 0 Å². The maximum atomic E-state index is 11.0. The van der Waals surface area contributed by atoms with Crippen LogP contribution < -0.4 is 0 Å². The van der Waals surface area contributed by atoms with Gasteiger partial charge in [-0.25, -0.2) is 13.0 Å². The normalized spacial score (nSPS) is 13.5. The second kappa shape index (κ2) is 4.53. The minimum absolute atomic E-state index is 0.136. The Kier molecular flexibility index (Phi) is 4.29. The molecule has 0 radical (unpaired) electrons. The number of allylic oxidation sites excluding steroid dienone is 1. The van der Waals surface area contributed by atoms with Crippen LogP contribution in [0.2, 0.25) is 0 Å². The topological polar surface area (TPSA) is 40.4 Å². The van der Waals surface area contributed by atoms with Crippen molar-refractivity contribution in [1.82, 2.24) is 4.90 Å². The summed E-state index contributed by atoms with van der Waals surface area (Å²) in [5.41, 5.74) is 0. The summed E-state index contributed by atoms with van der Waals surface area (Å²) in [6.07, 6.45) is 2.67. The lowest BCUT2D eigenvalue weighted by Crippen LogP contribution is -2.24. The van der Waals surface area contributed by atoms with Crippen LogP contribution >= 0.6 is 0 Å². The third-order valence-corrected chi connectivity index (χ3v) is 2.40. The Morgan fingerprint density at radius 1 is 1.54 bits per heavy atom. The highest BCUT2D eigenvalue weighted by Gasteiger charge is 2.10. The van der Waals surface area contributed by atoms with E-state index in [1.807, 2.05) is 19.0 Å². The first-order chi connectivity index (χ1) is 5.73. The zero-order chi connectivity index (χ0) is 10.6. The summed E-state index contributed by atoms with van der Waals surface area (Å²) in [7, 11) is 2.48. The highest BCUT2D eigenvalue weighted by molar-refractivity contribution is 7.95. The van der Waals surface area contributed by atoms with Crippen molar-refractivity contribution in [3.8, 4) is 0 Å². The molecule has 0 saturated heterocycles. The number of rotatable bonds is 4. The van der Waals surface area contributed by atoms with Crippen LogP contribution in [0, 0.1) is 0 Å². The van der Waals surface area contributed by atoms with E-state index in [9.17, 15) is 8.42 Å². The fourth-order valence-corrected chi connectivity index (χ4v) is 1.20. The summed E-state index contributed by atoms with van der Waals surface area (Å²) in [6, 6.07) is 0. The predicted molar refractivity (Wildman–Crippen MR) is 54.8 cm³/mol. The van der Waals surface area contributed by atoms with Gasteiger partial charge < -0.3 is 0 Å². The molecule has 5 heteroatoms. The van der Waals surface area contributed by atoms with Crippen molar-refractivity contribution in [3.63, 3.8) is 0 Å². The van der Waals surface area contributed by atoms with E-state index in [0.29, 0.717) is 6.67 Å². The molecular formula is C8H17N2O2S+. The minimum atomic E-state index is -3.14. The van der Waals surface area contributed by atoms with Crippen LogP contribution in [0.5, 0.6) is 0 Å². The van der Waals surface area contributed by atoms with Gasteiger partial charge in [-0.15, -0.1) is 0 Å². The maximum Gasteiger partial charge on any atom is 0.198 e. The number of hydrogen-bond acceptors (Lipinski definition) is 3. The van der Waals surface area contributed by atoms with Crippen molar-refractivity contribution in [2.24, 2.45) is 0 Å². The van der Waals surface area contributed by atoms with Gasteiger partial charge in [0.15, 0.2) is 22.7 Å². The monoisotopic (exact) mass is 205 g/mol. The first-order valence-corrected chi connectivity index (χ1v) is 5.71. The number of nitrogens with zero attached hydrogens (tertiary/aromatic N) is 2. The SMILES string of the molecule is C=C(/C=[N+](/C)CN(C)C)S(C)(=O)=O. The van der Waals surface area contributed by atoms with Crippen LogP contribution in [0.4, 0.5) is 0 Å². The molecule has 0 N–H and O–H groups in total. The lowest BCUT2D eigenvalue weighted by molar-refractivity contribution is -0.512. The standard InChI is InChI=1S/C8H17N2O2S/c1-8(13(5,11)12)6-10(4)7-9(2)3/h6H,1,7H2,2-5H3/q+1/b10-6-. The molecule has 4 nitrogen and oxygen atoms in total. The minimum Gasteiger partial charge on any atom is -0.254 e. The third kappa shape index (κ3) is 5.54. The molecule has 0 heterocycles. The van der Waals surface area contributed by atoms with Gasteiger partial charge in [0.05, 0.1) is 0 Å². The highest BCUT2D eigenvalue weighted by atomic mass is 32.2. The lowest BCUT2D eigenvalue weighted by atomic mass is 10.6. The molecule has 0 unspecified atom stereocenters. The second-order valence-corrected chi connectivity index (χ2v) is 5.41. The second-order valence-electron chi connectivity index (χ2n) is 3.35. The van der Waals surface area contributed by atoms with Crippen molar-refractivity contribution in [2.75, 3.05) is 34.1 Å². The Hall–Kier alpha value is -0.680. The van der Waals surface area contributed by atoms with E-state index >= 15 is 0 Å². The van der Waals surface area contributed by atoms with Crippen molar-refractivity contribution in [3.05, 3.63) is 11.5 Å². The third-order valence-electron chi connectivity index (χ3n) is 1.35. The van der Waals surface area contributed by atoms with Gasteiger partial charge in [0.2, 0.25) is 0 Å². The molecular weight excluding hydrogens is 188 g/mol. The molecule has 0 aromatic rings. The Morgan fingerprint density at radius 2 is 2.00 bits per heavy atom. The van der Waals surface area contributed by atoms with Gasteiger partial charge in [0, 0.05) is 6.26 Å². The molecule has 0 atom stereocenters. The van der Waals surface area contributed by atoms with Crippen LogP contribution in [-0.2, 0) is 9.84 Å². The van der Waals surface area contributed by atoms with Gasteiger partial charge in [0.25, 0.3) is 0 Å². The summed E-state index contributed by atoms with van der Waals surface area (Å²) in [6.45, 7) is 4.13. The van der Waals surface area contributed by atoms with E-state index in [-0.39, 0.29) is 4.91 Å². The smallest absolute Gasteiger partial charge is 0.198 e. The van der Waals surface area contributed by atoms with Gasteiger partial charge in [-0.1, -0.05) is 6.58 Å². The first kappa shape index (κ1) is 12.3. The fourth-order valence-electron chi connectivity index (χ4n) is 0.829. The molecule has 0 fully saturated rings. The first-order valence-electron chi connectivity index (χ1n) is 3.82. The summed E-state index contributed by atoms with van der Waals surface area (Å²) >= 11 is 0. The molecule has 0 bridgehead atoms. The maximum absolute atomic E-state index is 11.0. The molecule has 0 rings (SSSR count). The molecule has 0 aromatic heterocycles. The Balaban J connectivity index is 4.50. The lowest BCUT2D eigenvalue weighted by Gasteiger charge is -2.05. The summed E-state index contributed by atoms with van der Waals surface area (Å²) < 4.78 is 23.7. The molecule has 0 aliphatic heterocycles. The molecule has 0 amide bonds. The molecule has 76 valence electrons. The molecule has 0 aliphatic carbocycles. The van der Waals surface area contributed by atoms with Gasteiger partial charge in [-0.3, -0.25) is 4.90 Å². The van der Waals surface area contributed by atoms with Crippen LogP contribution in [0.25, 0.3) is 0 Å². The van der Waals surface area contributed by atoms with Gasteiger partial charge >= 0.3 is 0 Å². The largest absolute Gasteiger partial charge is 0.254 e. The molecule has 0 saturated carbocycles. The summed E-state index contributed by atoms with van der Waals surface area (Å²) in [5, 5.41) is 0. The van der Waals surface area contributed by atoms with Crippen molar-refractivity contribution < 1.29 is 13.0 Å². The van der Waals surface area contributed by atoms with E-state index in [0.717, 1.165) is 6.26 Å². The zero-order valence-electron chi connectivity index (χ0n) is 8.61. The van der Waals surface area contributed by atoms with Crippen molar-refractivity contribution in [2.45, 2.75) is 0 Å². The predicted octanol–water partition coefficient (Wildman–Crippen LogP) is -0.223. The highest BCUT2D eigenvalue weighted by Crippen LogP contribution is 1.95. The number of sulfone groups is 1. The Morgan fingerprint density at radius 3 is 2.31 bits per heavy atom. The van der Waals surface area contributed by atoms with Crippen LogP contribution in [0.3, 0.4) is 0 Å². The Bertz CT molecular complexity index is 315. The van der Waals surface area contributed by atoms with E-state index in [1.165, 1.54) is 6.21 Å². The van der Waals surface area contributed by atoms with Crippen LogP contribution in [0.1, 0.15) is 0 Å². The van der Waals surface area contributed by atoms with Crippen LogP contribution in [-0.4, -0.2) is 58.2 Å². The number of hydrogen-bond donors (Lipinski definition) is 0. The average Bonchev–Trinajstić information content (AvgIpc) is 1.82. The Labute approximate surface area is 80.1 Å². The van der Waals surface area contributed by atoms with E-state index < -0.39 is 9.84 Å². The van der Waals surface area contributed by atoms with Gasteiger partial charge in [-0.05, 0) is 14.1 Å². The van der Waals surface area contributed by atoms with Crippen molar-refractivity contribution >= 4 is 16.1 Å². The van der Waals surface area contributed by atoms with Crippen molar-refractivity contribution in [1.29, 1.82) is 0 Å². The quantitative estimate of drug-likeness (QED) is 0.362. The molecule has 0 spiro atoms. The van der Waals surface area contributed by atoms with Crippen LogP contribution in [0.15, 0.2) is 11.5 Å². The molecule has 13 heavy (non-hydrogen) atoms. The van der Waals surface area contributed by atoms with Gasteiger partial charge in [0.1, 0.15) is 12.0 Å². The van der Waals surface area contributed by atoms with Gasteiger partial charge in [-0.2, -0.15) is 0 Å².